The van der Waals surface area contributed by atoms with Gasteiger partial charge in [0.15, 0.2) is 0 Å². The molecule has 0 aliphatic carbocycles. The van der Waals surface area contributed by atoms with Crippen molar-refractivity contribution in [3.63, 3.8) is 0 Å². The molecule has 1 aromatic carbocycles. The lowest BCUT2D eigenvalue weighted by atomic mass is 9.88. The fourth-order valence-electron chi connectivity index (χ4n) is 3.86. The van der Waals surface area contributed by atoms with Crippen LogP contribution in [0.5, 0.6) is 0 Å². The molecule has 26 heavy (non-hydrogen) atoms. The van der Waals surface area contributed by atoms with E-state index in [2.05, 4.69) is 4.90 Å². The van der Waals surface area contributed by atoms with Crippen molar-refractivity contribution in [2.75, 3.05) is 51.8 Å². The summed E-state index contributed by atoms with van der Waals surface area (Å²) in [5, 5.41) is 0. The third kappa shape index (κ3) is 3.82. The van der Waals surface area contributed by atoms with Gasteiger partial charge in [0.05, 0.1) is 18.6 Å². The molecule has 0 saturated carbocycles. The van der Waals surface area contributed by atoms with Crippen molar-refractivity contribution in [1.82, 2.24) is 9.80 Å². The molecule has 0 spiro atoms. The van der Waals surface area contributed by atoms with Crippen molar-refractivity contribution in [1.29, 1.82) is 0 Å². The molecule has 0 radical (unpaired) electrons. The number of carbonyl (C=O) groups is 2. The quantitative estimate of drug-likeness (QED) is 0.811. The van der Waals surface area contributed by atoms with Crippen LogP contribution >= 0.6 is 0 Å². The van der Waals surface area contributed by atoms with Gasteiger partial charge in [-0.25, -0.2) is 4.39 Å². The Kier molecular flexibility index (Phi) is 5.76. The largest absolute Gasteiger partial charge is 0.383 e. The van der Waals surface area contributed by atoms with Gasteiger partial charge in [0.2, 0.25) is 11.8 Å². The zero-order valence-corrected chi connectivity index (χ0v) is 15.4. The highest BCUT2D eigenvalue weighted by Gasteiger charge is 2.40. The minimum absolute atomic E-state index is 0.0669. The lowest BCUT2D eigenvalue weighted by Gasteiger charge is -2.42. The van der Waals surface area contributed by atoms with Crippen LogP contribution in [0.4, 0.5) is 10.1 Å². The normalized spacial score (nSPS) is 24.1. The molecule has 2 amide bonds. The fraction of sp³-hybridized carbons (Fsp3) is 0.579. The lowest BCUT2D eigenvalue weighted by Crippen LogP contribution is -2.57. The number of nitrogens with zero attached hydrogens (tertiary/aromatic N) is 3. The number of benzene rings is 1. The highest BCUT2D eigenvalue weighted by atomic mass is 19.1. The lowest BCUT2D eigenvalue weighted by molar-refractivity contribution is -0.148. The first kappa shape index (κ1) is 18.6. The summed E-state index contributed by atoms with van der Waals surface area (Å²) in [6, 6.07) is 6.24. The molecule has 0 N–H and O–H groups in total. The number of hydrogen-bond acceptors (Lipinski definition) is 4. The zero-order chi connectivity index (χ0) is 18.7. The van der Waals surface area contributed by atoms with Crippen LogP contribution in [0.25, 0.3) is 0 Å². The molecule has 7 heteroatoms. The number of hydrogen-bond donors (Lipinski definition) is 0. The van der Waals surface area contributed by atoms with Gasteiger partial charge >= 0.3 is 0 Å². The van der Waals surface area contributed by atoms with Crippen molar-refractivity contribution in [2.45, 2.75) is 18.9 Å². The van der Waals surface area contributed by atoms with E-state index in [-0.39, 0.29) is 29.6 Å². The van der Waals surface area contributed by atoms with E-state index < -0.39 is 0 Å². The Bertz CT molecular complexity index is 644. The van der Waals surface area contributed by atoms with Gasteiger partial charge < -0.3 is 19.4 Å². The maximum absolute atomic E-state index is 13.1. The Hall–Kier alpha value is -2.15. The number of methoxy groups -OCH3 is 1. The predicted molar refractivity (Wildman–Crippen MR) is 96.4 cm³/mol. The summed E-state index contributed by atoms with van der Waals surface area (Å²) in [7, 11) is 3.34. The van der Waals surface area contributed by atoms with Crippen LogP contribution < -0.4 is 4.90 Å². The van der Waals surface area contributed by atoms with Crippen LogP contribution in [0.3, 0.4) is 0 Å². The molecule has 0 aromatic heterocycles. The molecule has 2 atom stereocenters. The van der Waals surface area contributed by atoms with Crippen LogP contribution in [0.15, 0.2) is 24.3 Å². The summed E-state index contributed by atoms with van der Waals surface area (Å²) in [5.41, 5.74) is 0.971. The average molecular weight is 363 g/mol. The molecule has 0 unspecified atom stereocenters. The first-order valence-electron chi connectivity index (χ1n) is 9.05. The summed E-state index contributed by atoms with van der Waals surface area (Å²) < 4.78 is 18.3. The maximum Gasteiger partial charge on any atom is 0.227 e. The number of likely N-dealkylation sites (tertiary alicyclic amines) is 1. The molecule has 2 saturated heterocycles. The van der Waals surface area contributed by atoms with E-state index in [0.29, 0.717) is 45.6 Å². The van der Waals surface area contributed by atoms with Gasteiger partial charge in [-0.3, -0.25) is 9.59 Å². The van der Waals surface area contributed by atoms with Crippen LogP contribution in [0.2, 0.25) is 0 Å². The Labute approximate surface area is 153 Å². The molecule has 6 nitrogen and oxygen atoms in total. The predicted octanol–water partition coefficient (Wildman–Crippen LogP) is 1.36. The van der Waals surface area contributed by atoms with E-state index in [1.165, 1.54) is 12.1 Å². The fourth-order valence-corrected chi connectivity index (χ4v) is 3.86. The molecule has 2 aliphatic rings. The zero-order valence-electron chi connectivity index (χ0n) is 15.4. The summed E-state index contributed by atoms with van der Waals surface area (Å²) >= 11 is 0. The Balaban J connectivity index is 1.62. The summed E-state index contributed by atoms with van der Waals surface area (Å²) in [5.74, 6) is -0.292. The van der Waals surface area contributed by atoms with E-state index >= 15 is 0 Å². The van der Waals surface area contributed by atoms with Crippen molar-refractivity contribution < 1.29 is 18.7 Å². The van der Waals surface area contributed by atoms with Gasteiger partial charge in [0.25, 0.3) is 0 Å². The van der Waals surface area contributed by atoms with Gasteiger partial charge in [-0.1, -0.05) is 0 Å². The van der Waals surface area contributed by atoms with Crippen molar-refractivity contribution in [2.24, 2.45) is 5.92 Å². The summed E-state index contributed by atoms with van der Waals surface area (Å²) in [4.78, 5) is 30.7. The number of halogens is 1. The molecular formula is C19H26FN3O3. The molecular weight excluding hydrogens is 337 g/mol. The molecule has 2 fully saturated rings. The van der Waals surface area contributed by atoms with Gasteiger partial charge in [0.1, 0.15) is 5.82 Å². The molecule has 3 rings (SSSR count). The Morgan fingerprint density at radius 2 is 1.85 bits per heavy atom. The van der Waals surface area contributed by atoms with Gasteiger partial charge in [-0.05, 0) is 30.7 Å². The first-order chi connectivity index (χ1) is 12.5. The summed E-state index contributed by atoms with van der Waals surface area (Å²) in [6.07, 6.45) is 0.983. The Morgan fingerprint density at radius 3 is 2.46 bits per heavy atom. The second-order valence-corrected chi connectivity index (χ2v) is 6.96. The van der Waals surface area contributed by atoms with Crippen LogP contribution in [-0.2, 0) is 14.3 Å². The SMILES string of the molecule is COC[C@@H]1[C@H](C(=O)N2CCN(c3ccc(F)cc3)CC2)CCC(=O)N1C. The topological polar surface area (TPSA) is 53.1 Å². The van der Waals surface area contributed by atoms with E-state index in [1.807, 2.05) is 4.90 Å². The number of piperidine rings is 1. The minimum Gasteiger partial charge on any atom is -0.383 e. The molecule has 2 aliphatic heterocycles. The van der Waals surface area contributed by atoms with E-state index in [4.69, 9.17) is 4.74 Å². The monoisotopic (exact) mass is 363 g/mol. The Morgan fingerprint density at radius 1 is 1.19 bits per heavy atom. The first-order valence-corrected chi connectivity index (χ1v) is 9.05. The van der Waals surface area contributed by atoms with Gasteiger partial charge in [-0.15, -0.1) is 0 Å². The van der Waals surface area contributed by atoms with Gasteiger partial charge in [-0.2, -0.15) is 0 Å². The standard InChI is InChI=1S/C19H26FN3O3/c1-21-17(13-26-2)16(7-8-18(21)24)19(25)23-11-9-22(10-12-23)15-5-3-14(20)4-6-15/h3-6,16-17H,7-13H2,1-2H3/t16-,17-/m1/s1. The van der Waals surface area contributed by atoms with Crippen molar-refractivity contribution >= 4 is 17.5 Å². The molecule has 1 aromatic rings. The number of piperazine rings is 1. The number of rotatable bonds is 4. The van der Waals surface area contributed by atoms with Gasteiger partial charge in [0, 0.05) is 52.4 Å². The number of likely N-dealkylation sites (N-methyl/N-ethyl adjacent to an activating group) is 1. The van der Waals surface area contributed by atoms with Crippen LogP contribution in [-0.4, -0.2) is 74.6 Å². The third-order valence-electron chi connectivity index (χ3n) is 5.46. The van der Waals surface area contributed by atoms with Crippen LogP contribution in [0.1, 0.15) is 12.8 Å². The summed E-state index contributed by atoms with van der Waals surface area (Å²) in [6.45, 7) is 3.06. The van der Waals surface area contributed by atoms with Crippen molar-refractivity contribution in [3.8, 4) is 0 Å². The van der Waals surface area contributed by atoms with E-state index in [0.717, 1.165) is 5.69 Å². The minimum atomic E-state index is -0.247. The highest BCUT2D eigenvalue weighted by Crippen LogP contribution is 2.27. The third-order valence-corrected chi connectivity index (χ3v) is 5.46. The number of ether oxygens (including phenoxy) is 1. The smallest absolute Gasteiger partial charge is 0.227 e. The number of amides is 2. The molecule has 2 heterocycles. The number of carbonyl (C=O) groups excluding carboxylic acids is 2. The molecule has 0 bridgehead atoms. The maximum atomic E-state index is 13.1. The van der Waals surface area contributed by atoms with Crippen LogP contribution in [0, 0.1) is 11.7 Å². The average Bonchev–Trinajstić information content (AvgIpc) is 2.66. The second-order valence-electron chi connectivity index (χ2n) is 6.96. The molecule has 142 valence electrons. The van der Waals surface area contributed by atoms with E-state index in [9.17, 15) is 14.0 Å². The van der Waals surface area contributed by atoms with E-state index in [1.54, 1.807) is 31.2 Å². The highest BCUT2D eigenvalue weighted by molar-refractivity contribution is 5.84. The number of anilines is 1. The van der Waals surface area contributed by atoms with Crippen molar-refractivity contribution in [3.05, 3.63) is 30.1 Å². The second kappa shape index (κ2) is 8.03.